The molecular formula is C10H12N2O5. The number of nitrogens with two attached hydrogens (primary N) is 1. The van der Waals surface area contributed by atoms with Crippen LogP contribution in [0.25, 0.3) is 0 Å². The van der Waals surface area contributed by atoms with E-state index in [1.165, 1.54) is 18.2 Å². The highest BCUT2D eigenvalue weighted by atomic mass is 16.6. The molecule has 0 fully saturated rings. The minimum atomic E-state index is -1.44. The number of carbonyl (C=O) groups is 1. The van der Waals surface area contributed by atoms with Gasteiger partial charge in [0.05, 0.1) is 11.5 Å². The molecule has 1 aromatic carbocycles. The lowest BCUT2D eigenvalue weighted by Crippen LogP contribution is -2.25. The second kappa shape index (κ2) is 5.37. The Morgan fingerprint density at radius 1 is 1.53 bits per heavy atom. The maximum atomic E-state index is 11.3. The molecule has 0 aliphatic rings. The Morgan fingerprint density at radius 3 is 2.65 bits per heavy atom. The van der Waals surface area contributed by atoms with Crippen LogP contribution in [0, 0.1) is 10.1 Å². The molecule has 7 heteroatoms. The van der Waals surface area contributed by atoms with E-state index in [-0.39, 0.29) is 17.8 Å². The molecule has 7 nitrogen and oxygen atoms in total. The molecule has 0 saturated heterocycles. The lowest BCUT2D eigenvalue weighted by molar-refractivity contribution is -0.383. The number of carbonyl (C=O) groups excluding carboxylic acids is 1. The number of hydrogen-bond donors (Lipinski definition) is 3. The maximum Gasteiger partial charge on any atom is 0.292 e. The van der Waals surface area contributed by atoms with Gasteiger partial charge in [-0.3, -0.25) is 14.9 Å². The van der Waals surface area contributed by atoms with Gasteiger partial charge in [0.2, 0.25) is 0 Å². The number of aliphatic hydroxyl groups excluding tert-OH is 2. The van der Waals surface area contributed by atoms with Crippen molar-refractivity contribution in [1.29, 1.82) is 0 Å². The lowest BCUT2D eigenvalue weighted by Gasteiger charge is -2.06. The Hall–Kier alpha value is -1.99. The van der Waals surface area contributed by atoms with Gasteiger partial charge in [-0.15, -0.1) is 0 Å². The zero-order valence-electron chi connectivity index (χ0n) is 8.87. The van der Waals surface area contributed by atoms with Crippen LogP contribution in [0.15, 0.2) is 18.2 Å². The van der Waals surface area contributed by atoms with Gasteiger partial charge in [0.25, 0.3) is 5.69 Å². The number of aliphatic hydroxyl groups is 2. The van der Waals surface area contributed by atoms with E-state index in [1.807, 2.05) is 0 Å². The number of nitro groups is 1. The Bertz CT molecular complexity index is 446. The quantitative estimate of drug-likeness (QED) is 0.366. The zero-order valence-corrected chi connectivity index (χ0v) is 8.87. The minimum Gasteiger partial charge on any atom is -0.393 e. The second-order valence-electron chi connectivity index (χ2n) is 3.49. The smallest absolute Gasteiger partial charge is 0.292 e. The Morgan fingerprint density at radius 2 is 2.18 bits per heavy atom. The van der Waals surface area contributed by atoms with Crippen molar-refractivity contribution < 1.29 is 19.9 Å². The predicted octanol–water partition coefficient (Wildman–Crippen LogP) is -0.358. The average Bonchev–Trinajstić information content (AvgIpc) is 2.27. The summed E-state index contributed by atoms with van der Waals surface area (Å²) in [7, 11) is 0. The van der Waals surface area contributed by atoms with Crippen LogP contribution in [0.5, 0.6) is 0 Å². The van der Waals surface area contributed by atoms with Crippen molar-refractivity contribution in [3.8, 4) is 0 Å². The van der Waals surface area contributed by atoms with Gasteiger partial charge in [0.1, 0.15) is 11.8 Å². The van der Waals surface area contributed by atoms with E-state index < -0.39 is 23.4 Å². The number of benzene rings is 1. The summed E-state index contributed by atoms with van der Waals surface area (Å²) in [6.07, 6.45) is -1.57. The molecule has 1 atom stereocenters. The van der Waals surface area contributed by atoms with Crippen LogP contribution < -0.4 is 5.73 Å². The van der Waals surface area contributed by atoms with E-state index in [2.05, 4.69) is 0 Å². The van der Waals surface area contributed by atoms with E-state index >= 15 is 0 Å². The van der Waals surface area contributed by atoms with Gasteiger partial charge in [-0.1, -0.05) is 6.07 Å². The maximum absolute atomic E-state index is 11.3. The van der Waals surface area contributed by atoms with Crippen molar-refractivity contribution in [2.45, 2.75) is 12.5 Å². The largest absolute Gasteiger partial charge is 0.393 e. The number of nitro benzene ring substituents is 1. The summed E-state index contributed by atoms with van der Waals surface area (Å²) in [5.74, 6) is -0.569. The fourth-order valence-electron chi connectivity index (χ4n) is 1.30. The van der Waals surface area contributed by atoms with Gasteiger partial charge in [-0.2, -0.15) is 0 Å². The number of anilines is 1. The van der Waals surface area contributed by atoms with Gasteiger partial charge >= 0.3 is 0 Å². The monoisotopic (exact) mass is 240 g/mol. The molecule has 1 unspecified atom stereocenters. The normalized spacial score (nSPS) is 12.1. The molecule has 0 aliphatic heterocycles. The molecule has 0 heterocycles. The fourth-order valence-corrected chi connectivity index (χ4v) is 1.30. The molecule has 0 spiro atoms. The van der Waals surface area contributed by atoms with Crippen LogP contribution in [-0.2, 0) is 11.2 Å². The summed E-state index contributed by atoms with van der Waals surface area (Å²) in [6, 6.07) is 3.89. The molecule has 0 aliphatic carbocycles. The Labute approximate surface area is 96.6 Å². The highest BCUT2D eigenvalue weighted by Crippen LogP contribution is 2.22. The van der Waals surface area contributed by atoms with Gasteiger partial charge in [0, 0.05) is 12.5 Å². The number of hydrogen-bond acceptors (Lipinski definition) is 6. The van der Waals surface area contributed by atoms with E-state index in [4.69, 9.17) is 15.9 Å². The fraction of sp³-hybridized carbons (Fsp3) is 0.300. The van der Waals surface area contributed by atoms with Crippen LogP contribution in [0.4, 0.5) is 11.4 Å². The first-order valence-electron chi connectivity index (χ1n) is 4.80. The summed E-state index contributed by atoms with van der Waals surface area (Å²) in [4.78, 5) is 21.2. The molecular weight excluding hydrogens is 228 g/mol. The topological polar surface area (TPSA) is 127 Å². The van der Waals surface area contributed by atoms with Crippen LogP contribution in [0.3, 0.4) is 0 Å². The van der Waals surface area contributed by atoms with Gasteiger partial charge in [-0.05, 0) is 11.6 Å². The molecule has 1 aromatic rings. The first-order valence-corrected chi connectivity index (χ1v) is 4.80. The molecule has 92 valence electrons. The number of nitrogens with zero attached hydrogens (tertiary/aromatic N) is 1. The van der Waals surface area contributed by atoms with Gasteiger partial charge < -0.3 is 15.9 Å². The molecule has 4 N–H and O–H groups in total. The zero-order chi connectivity index (χ0) is 13.0. The molecule has 0 radical (unpaired) electrons. The van der Waals surface area contributed by atoms with Crippen molar-refractivity contribution in [3.05, 3.63) is 33.9 Å². The Kier molecular flexibility index (Phi) is 4.13. The van der Waals surface area contributed by atoms with Crippen LogP contribution in [0.2, 0.25) is 0 Å². The SMILES string of the molecule is Nc1cc(CC(=O)C(O)CO)ccc1[N+](=O)[O-]. The van der Waals surface area contributed by atoms with Crippen molar-refractivity contribution in [2.75, 3.05) is 12.3 Å². The van der Waals surface area contributed by atoms with E-state index in [9.17, 15) is 14.9 Å². The molecule has 1 rings (SSSR count). The molecule has 0 amide bonds. The number of nitrogen functional groups attached to an aromatic ring is 1. The molecule has 0 bridgehead atoms. The van der Waals surface area contributed by atoms with Crippen LogP contribution in [0.1, 0.15) is 5.56 Å². The third kappa shape index (κ3) is 3.23. The number of ketones is 1. The third-order valence-corrected chi connectivity index (χ3v) is 2.21. The van der Waals surface area contributed by atoms with E-state index in [0.717, 1.165) is 0 Å². The van der Waals surface area contributed by atoms with Crippen molar-refractivity contribution in [1.82, 2.24) is 0 Å². The molecule has 0 saturated carbocycles. The van der Waals surface area contributed by atoms with Crippen molar-refractivity contribution in [3.63, 3.8) is 0 Å². The van der Waals surface area contributed by atoms with Gasteiger partial charge in [0.15, 0.2) is 5.78 Å². The molecule has 0 aromatic heterocycles. The highest BCUT2D eigenvalue weighted by Gasteiger charge is 2.16. The lowest BCUT2D eigenvalue weighted by atomic mass is 10.0. The second-order valence-corrected chi connectivity index (χ2v) is 3.49. The number of rotatable bonds is 5. The Balaban J connectivity index is 2.84. The summed E-state index contributed by atoms with van der Waals surface area (Å²) in [5, 5.41) is 28.1. The van der Waals surface area contributed by atoms with Crippen LogP contribution in [-0.4, -0.2) is 33.6 Å². The summed E-state index contributed by atoms with van der Waals surface area (Å²) < 4.78 is 0. The molecule has 17 heavy (non-hydrogen) atoms. The van der Waals surface area contributed by atoms with Crippen molar-refractivity contribution >= 4 is 17.2 Å². The summed E-state index contributed by atoms with van der Waals surface area (Å²) in [5.41, 5.74) is 5.62. The summed E-state index contributed by atoms with van der Waals surface area (Å²) in [6.45, 7) is -0.651. The van der Waals surface area contributed by atoms with E-state index in [1.54, 1.807) is 0 Å². The van der Waals surface area contributed by atoms with E-state index in [0.29, 0.717) is 5.56 Å². The number of Topliss-reactive ketones (excluding diaryl/α,β-unsaturated/α-hetero) is 1. The predicted molar refractivity (Wildman–Crippen MR) is 59.3 cm³/mol. The third-order valence-electron chi connectivity index (χ3n) is 2.21. The highest BCUT2D eigenvalue weighted by molar-refractivity contribution is 5.85. The first-order chi connectivity index (χ1) is 7.95. The van der Waals surface area contributed by atoms with Gasteiger partial charge in [-0.25, -0.2) is 0 Å². The average molecular weight is 240 g/mol. The standard InChI is InChI=1S/C10H12N2O5/c11-7-3-6(1-2-8(7)12(16)17)4-9(14)10(15)5-13/h1-3,10,13,15H,4-5,11H2. The first kappa shape index (κ1) is 13.1. The van der Waals surface area contributed by atoms with Crippen LogP contribution >= 0.6 is 0 Å². The minimum absolute atomic E-state index is 0.0428. The summed E-state index contributed by atoms with van der Waals surface area (Å²) >= 11 is 0. The van der Waals surface area contributed by atoms with Crippen molar-refractivity contribution in [2.24, 2.45) is 0 Å².